The van der Waals surface area contributed by atoms with Gasteiger partial charge in [0.25, 0.3) is 0 Å². The molecule has 0 saturated heterocycles. The van der Waals surface area contributed by atoms with Crippen LogP contribution >= 0.6 is 0 Å². The maximum absolute atomic E-state index is 12.5. The Kier molecular flexibility index (Phi) is 5.84. The average Bonchev–Trinajstić information content (AvgIpc) is 2.86. The number of aliphatic hydroxyl groups excluding tert-OH is 1. The van der Waals surface area contributed by atoms with Crippen molar-refractivity contribution in [3.8, 4) is 0 Å². The van der Waals surface area contributed by atoms with Crippen LogP contribution in [0.2, 0.25) is 0 Å². The molecule has 0 unspecified atom stereocenters. The van der Waals surface area contributed by atoms with Crippen LogP contribution in [0.25, 0.3) is 0 Å². The van der Waals surface area contributed by atoms with Crippen LogP contribution in [0, 0.1) is 19.8 Å². The molecule has 130 valence electrons. The highest BCUT2D eigenvalue weighted by Gasteiger charge is 2.36. The highest BCUT2D eigenvalue weighted by atomic mass is 16.5. The van der Waals surface area contributed by atoms with Crippen LogP contribution in [0.5, 0.6) is 0 Å². The molecular weight excluding hydrogens is 292 g/mol. The summed E-state index contributed by atoms with van der Waals surface area (Å²) >= 11 is 0. The minimum Gasteiger partial charge on any atom is -0.394 e. The third kappa shape index (κ3) is 4.14. The van der Waals surface area contributed by atoms with Crippen LogP contribution < -0.4 is 5.32 Å². The van der Waals surface area contributed by atoms with Gasteiger partial charge in [-0.15, -0.1) is 0 Å². The van der Waals surface area contributed by atoms with Gasteiger partial charge in [-0.25, -0.2) is 0 Å². The van der Waals surface area contributed by atoms with Gasteiger partial charge in [-0.2, -0.15) is 0 Å². The van der Waals surface area contributed by atoms with Gasteiger partial charge in [0.2, 0.25) is 5.91 Å². The molecule has 5 nitrogen and oxygen atoms in total. The molecule has 1 amide bonds. The first-order valence-electron chi connectivity index (χ1n) is 8.72. The summed E-state index contributed by atoms with van der Waals surface area (Å²) in [6, 6.07) is 0. The topological polar surface area (TPSA) is 75.4 Å². The van der Waals surface area contributed by atoms with Crippen LogP contribution in [0.1, 0.15) is 75.3 Å². The molecule has 0 radical (unpaired) electrons. The molecule has 0 aromatic carbocycles. The van der Waals surface area contributed by atoms with Gasteiger partial charge in [-0.3, -0.25) is 4.79 Å². The van der Waals surface area contributed by atoms with E-state index in [0.29, 0.717) is 12.3 Å². The Hall–Kier alpha value is -1.36. The summed E-state index contributed by atoms with van der Waals surface area (Å²) in [5.74, 6) is 1.18. The van der Waals surface area contributed by atoms with Gasteiger partial charge in [0.05, 0.1) is 17.8 Å². The Bertz CT molecular complexity index is 515. The predicted molar refractivity (Wildman–Crippen MR) is 89.2 cm³/mol. The van der Waals surface area contributed by atoms with Gasteiger partial charge in [0, 0.05) is 12.0 Å². The lowest BCUT2D eigenvalue weighted by Gasteiger charge is -2.39. The van der Waals surface area contributed by atoms with E-state index in [1.165, 1.54) is 19.3 Å². The zero-order valence-electron chi connectivity index (χ0n) is 14.8. The highest BCUT2D eigenvalue weighted by molar-refractivity contribution is 5.77. The number of nitrogens with zero attached hydrogens (tertiary/aromatic N) is 1. The molecule has 1 heterocycles. The molecule has 1 aliphatic carbocycles. The van der Waals surface area contributed by atoms with Crippen molar-refractivity contribution in [2.75, 3.05) is 6.61 Å². The summed E-state index contributed by atoms with van der Waals surface area (Å²) in [5.41, 5.74) is 1.35. The van der Waals surface area contributed by atoms with Crippen LogP contribution in [0.4, 0.5) is 0 Å². The van der Waals surface area contributed by atoms with Gasteiger partial charge >= 0.3 is 0 Å². The first-order chi connectivity index (χ1) is 10.9. The van der Waals surface area contributed by atoms with Crippen LogP contribution in [0.15, 0.2) is 4.52 Å². The second kappa shape index (κ2) is 7.47. The Balaban J connectivity index is 1.99. The van der Waals surface area contributed by atoms with Crippen molar-refractivity contribution in [1.82, 2.24) is 10.5 Å². The molecule has 23 heavy (non-hydrogen) atoms. The Morgan fingerprint density at radius 1 is 1.39 bits per heavy atom. The fourth-order valence-electron chi connectivity index (χ4n) is 3.95. The molecule has 1 aromatic rings. The Labute approximate surface area is 138 Å². The summed E-state index contributed by atoms with van der Waals surface area (Å²) in [4.78, 5) is 12.5. The third-order valence-electron chi connectivity index (χ3n) is 5.33. The molecule has 0 spiro atoms. The fourth-order valence-corrected chi connectivity index (χ4v) is 3.95. The van der Waals surface area contributed by atoms with Crippen LogP contribution in [-0.2, 0) is 4.79 Å². The van der Waals surface area contributed by atoms with Gasteiger partial charge in [-0.1, -0.05) is 31.3 Å². The lowest BCUT2D eigenvalue weighted by molar-refractivity contribution is -0.124. The maximum atomic E-state index is 12.5. The quantitative estimate of drug-likeness (QED) is 0.843. The normalized spacial score (nSPS) is 20.0. The average molecular weight is 322 g/mol. The molecule has 1 aromatic heterocycles. The van der Waals surface area contributed by atoms with E-state index >= 15 is 0 Å². The number of carbonyl (C=O) groups is 1. The summed E-state index contributed by atoms with van der Waals surface area (Å²) in [7, 11) is 0. The van der Waals surface area contributed by atoms with Gasteiger partial charge in [0.15, 0.2) is 0 Å². The highest BCUT2D eigenvalue weighted by Crippen LogP contribution is 2.33. The van der Waals surface area contributed by atoms with E-state index in [1.54, 1.807) is 0 Å². The van der Waals surface area contributed by atoms with E-state index in [4.69, 9.17) is 4.52 Å². The number of carbonyl (C=O) groups excluding carboxylic acids is 1. The number of aliphatic hydroxyl groups is 1. The van der Waals surface area contributed by atoms with Crippen molar-refractivity contribution >= 4 is 5.91 Å². The predicted octanol–water partition coefficient (Wildman–Crippen LogP) is 3.23. The van der Waals surface area contributed by atoms with Crippen molar-refractivity contribution < 1.29 is 14.4 Å². The molecule has 0 aliphatic heterocycles. The van der Waals surface area contributed by atoms with Crippen molar-refractivity contribution in [3.05, 3.63) is 17.0 Å². The number of hydrogen-bond donors (Lipinski definition) is 2. The lowest BCUT2D eigenvalue weighted by atomic mass is 9.76. The molecular formula is C18H30N2O3. The first-order valence-corrected chi connectivity index (χ1v) is 8.72. The van der Waals surface area contributed by atoms with Crippen molar-refractivity contribution in [3.63, 3.8) is 0 Å². The summed E-state index contributed by atoms with van der Waals surface area (Å²) < 4.78 is 5.19. The molecule has 1 aliphatic rings. The maximum Gasteiger partial charge on any atom is 0.221 e. The molecule has 5 heteroatoms. The standard InChI is InChI=1S/C18H30N2O3/c1-12(17-13(2)20-23-14(17)3)10-16(22)19-18(4,11-21)15-8-6-5-7-9-15/h12,15,21H,5-11H2,1-4H3,(H,19,22)/t12-,18-/m1/s1. The monoisotopic (exact) mass is 322 g/mol. The van der Waals surface area contributed by atoms with Gasteiger partial charge < -0.3 is 14.9 Å². The Morgan fingerprint density at radius 2 is 2.04 bits per heavy atom. The second-order valence-corrected chi connectivity index (χ2v) is 7.30. The molecule has 1 fully saturated rings. The minimum atomic E-state index is -0.518. The largest absolute Gasteiger partial charge is 0.394 e. The summed E-state index contributed by atoms with van der Waals surface area (Å²) in [6.45, 7) is 7.76. The summed E-state index contributed by atoms with van der Waals surface area (Å²) in [6.07, 6.45) is 6.17. The molecule has 2 atom stereocenters. The molecule has 0 bridgehead atoms. The van der Waals surface area contributed by atoms with E-state index in [0.717, 1.165) is 29.9 Å². The number of amides is 1. The molecule has 2 N–H and O–H groups in total. The van der Waals surface area contributed by atoms with E-state index in [-0.39, 0.29) is 18.4 Å². The number of nitrogens with one attached hydrogen (secondary N) is 1. The first kappa shape index (κ1) is 18.0. The van der Waals surface area contributed by atoms with E-state index < -0.39 is 5.54 Å². The number of hydrogen-bond acceptors (Lipinski definition) is 4. The minimum absolute atomic E-state index is 0.0108. The van der Waals surface area contributed by atoms with Crippen molar-refractivity contribution in [2.45, 2.75) is 77.7 Å². The van der Waals surface area contributed by atoms with Crippen molar-refractivity contribution in [2.24, 2.45) is 5.92 Å². The summed E-state index contributed by atoms with van der Waals surface area (Å²) in [5, 5.41) is 16.9. The lowest BCUT2D eigenvalue weighted by Crippen LogP contribution is -2.54. The van der Waals surface area contributed by atoms with E-state index in [2.05, 4.69) is 10.5 Å². The van der Waals surface area contributed by atoms with E-state index in [1.807, 2.05) is 27.7 Å². The molecule has 2 rings (SSSR count). The van der Waals surface area contributed by atoms with Gasteiger partial charge in [0.1, 0.15) is 5.76 Å². The number of aromatic nitrogens is 1. The zero-order valence-corrected chi connectivity index (χ0v) is 14.8. The van der Waals surface area contributed by atoms with Gasteiger partial charge in [-0.05, 0) is 45.4 Å². The number of aryl methyl sites for hydroxylation is 2. The Morgan fingerprint density at radius 3 is 2.57 bits per heavy atom. The van der Waals surface area contributed by atoms with Crippen LogP contribution in [0.3, 0.4) is 0 Å². The smallest absolute Gasteiger partial charge is 0.221 e. The number of rotatable bonds is 6. The van der Waals surface area contributed by atoms with E-state index in [9.17, 15) is 9.90 Å². The SMILES string of the molecule is Cc1noc(C)c1[C@H](C)CC(=O)N[C@](C)(CO)C1CCCCC1. The van der Waals surface area contributed by atoms with Crippen LogP contribution in [-0.4, -0.2) is 28.3 Å². The molecule has 1 saturated carbocycles. The van der Waals surface area contributed by atoms with Crippen molar-refractivity contribution in [1.29, 1.82) is 0 Å². The second-order valence-electron chi connectivity index (χ2n) is 7.30. The fraction of sp³-hybridized carbons (Fsp3) is 0.778. The third-order valence-corrected chi connectivity index (χ3v) is 5.33. The zero-order chi connectivity index (χ0) is 17.0.